The predicted octanol–water partition coefficient (Wildman–Crippen LogP) is -0.821. The van der Waals surface area contributed by atoms with E-state index in [1.165, 1.54) is 0 Å². The van der Waals surface area contributed by atoms with E-state index in [-0.39, 0.29) is 17.9 Å². The summed E-state index contributed by atoms with van der Waals surface area (Å²) < 4.78 is 32.7. The van der Waals surface area contributed by atoms with Crippen molar-refractivity contribution in [1.82, 2.24) is 5.32 Å². The zero-order valence-electron chi connectivity index (χ0n) is 8.65. The Morgan fingerprint density at radius 2 is 2.20 bits per heavy atom. The molecule has 2 aliphatic heterocycles. The third kappa shape index (κ3) is 3.41. The average molecular weight is 235 g/mol. The van der Waals surface area contributed by atoms with Gasteiger partial charge in [0.25, 0.3) is 0 Å². The molecule has 0 radical (unpaired) electrons. The standard InChI is InChI=1S/C9H17NO4S/c11-15(12)4-1-8(7-15)10-2-3-14-9-5-13-6-9/h8-10H,1-7H2. The third-order valence-electron chi connectivity index (χ3n) is 2.73. The highest BCUT2D eigenvalue weighted by Gasteiger charge is 2.27. The van der Waals surface area contributed by atoms with E-state index in [0.717, 1.165) is 13.0 Å². The van der Waals surface area contributed by atoms with Crippen molar-refractivity contribution in [2.24, 2.45) is 0 Å². The maximum absolute atomic E-state index is 11.1. The van der Waals surface area contributed by atoms with Gasteiger partial charge in [-0.05, 0) is 6.42 Å². The minimum atomic E-state index is -2.77. The van der Waals surface area contributed by atoms with Crippen LogP contribution in [0.3, 0.4) is 0 Å². The maximum Gasteiger partial charge on any atom is 0.151 e. The lowest BCUT2D eigenvalue weighted by Gasteiger charge is -2.26. The summed E-state index contributed by atoms with van der Waals surface area (Å²) in [5.41, 5.74) is 0. The van der Waals surface area contributed by atoms with Crippen LogP contribution in [-0.2, 0) is 19.3 Å². The molecule has 2 rings (SSSR count). The number of nitrogens with one attached hydrogen (secondary N) is 1. The van der Waals surface area contributed by atoms with E-state index in [2.05, 4.69) is 5.32 Å². The molecule has 1 unspecified atom stereocenters. The summed E-state index contributed by atoms with van der Waals surface area (Å²) in [7, 11) is -2.77. The fourth-order valence-corrected chi connectivity index (χ4v) is 3.46. The van der Waals surface area contributed by atoms with Gasteiger partial charge < -0.3 is 14.8 Å². The Kier molecular flexibility index (Phi) is 3.60. The van der Waals surface area contributed by atoms with Gasteiger partial charge in [0.05, 0.1) is 31.3 Å². The SMILES string of the molecule is O=S1(=O)CCC(NCCOC2COC2)C1. The van der Waals surface area contributed by atoms with Gasteiger partial charge in [0.1, 0.15) is 6.10 Å². The van der Waals surface area contributed by atoms with Crippen LogP contribution < -0.4 is 5.32 Å². The Bertz CT molecular complexity index is 299. The molecule has 88 valence electrons. The number of hydrogen-bond donors (Lipinski definition) is 1. The van der Waals surface area contributed by atoms with Crippen molar-refractivity contribution in [3.63, 3.8) is 0 Å². The first-order valence-corrected chi connectivity index (χ1v) is 7.11. The van der Waals surface area contributed by atoms with E-state index < -0.39 is 9.84 Å². The highest BCUT2D eigenvalue weighted by molar-refractivity contribution is 7.91. The fraction of sp³-hybridized carbons (Fsp3) is 1.00. The van der Waals surface area contributed by atoms with Crippen LogP contribution in [0.25, 0.3) is 0 Å². The molecule has 2 aliphatic rings. The molecule has 2 heterocycles. The topological polar surface area (TPSA) is 64.6 Å². The Morgan fingerprint density at radius 1 is 1.40 bits per heavy atom. The fourth-order valence-electron chi connectivity index (χ4n) is 1.75. The lowest BCUT2D eigenvalue weighted by atomic mass is 10.3. The van der Waals surface area contributed by atoms with E-state index in [1.54, 1.807) is 0 Å². The molecule has 0 aromatic carbocycles. The van der Waals surface area contributed by atoms with Crippen LogP contribution in [0.15, 0.2) is 0 Å². The van der Waals surface area contributed by atoms with Crippen molar-refractivity contribution in [3.05, 3.63) is 0 Å². The highest BCUT2D eigenvalue weighted by Crippen LogP contribution is 2.11. The summed E-state index contributed by atoms with van der Waals surface area (Å²) in [6.07, 6.45) is 0.980. The van der Waals surface area contributed by atoms with Crippen molar-refractivity contribution in [2.45, 2.75) is 18.6 Å². The summed E-state index contributed by atoms with van der Waals surface area (Å²) in [6, 6.07) is 0.122. The molecule has 1 N–H and O–H groups in total. The zero-order valence-corrected chi connectivity index (χ0v) is 9.46. The van der Waals surface area contributed by atoms with Crippen molar-refractivity contribution in [3.8, 4) is 0 Å². The molecule has 1 atom stereocenters. The maximum atomic E-state index is 11.1. The monoisotopic (exact) mass is 235 g/mol. The molecule has 0 amide bonds. The van der Waals surface area contributed by atoms with E-state index in [1.807, 2.05) is 0 Å². The number of sulfone groups is 1. The Balaban J connectivity index is 1.54. The summed E-state index contributed by atoms with van der Waals surface area (Å²) in [5, 5.41) is 3.20. The van der Waals surface area contributed by atoms with Gasteiger partial charge in [0.2, 0.25) is 0 Å². The first-order valence-electron chi connectivity index (χ1n) is 5.29. The average Bonchev–Trinajstić information content (AvgIpc) is 2.42. The molecule has 0 bridgehead atoms. The van der Waals surface area contributed by atoms with Crippen molar-refractivity contribution >= 4 is 9.84 Å². The Hall–Kier alpha value is -0.170. The summed E-state index contributed by atoms with van der Waals surface area (Å²) in [6.45, 7) is 2.73. The van der Waals surface area contributed by atoms with Crippen LogP contribution in [0, 0.1) is 0 Å². The van der Waals surface area contributed by atoms with E-state index in [0.29, 0.717) is 25.6 Å². The normalized spacial score (nSPS) is 30.3. The van der Waals surface area contributed by atoms with Crippen LogP contribution in [0.5, 0.6) is 0 Å². The molecule has 15 heavy (non-hydrogen) atoms. The van der Waals surface area contributed by atoms with Crippen LogP contribution in [-0.4, -0.2) is 58.4 Å². The molecule has 6 heteroatoms. The van der Waals surface area contributed by atoms with Gasteiger partial charge >= 0.3 is 0 Å². The first kappa shape index (κ1) is 11.3. The van der Waals surface area contributed by atoms with Crippen LogP contribution in [0.4, 0.5) is 0 Å². The third-order valence-corrected chi connectivity index (χ3v) is 4.50. The van der Waals surface area contributed by atoms with Gasteiger partial charge in [-0.3, -0.25) is 0 Å². The molecule has 2 saturated heterocycles. The number of ether oxygens (including phenoxy) is 2. The molecule has 0 aromatic heterocycles. The largest absolute Gasteiger partial charge is 0.376 e. The van der Waals surface area contributed by atoms with Crippen LogP contribution in [0.2, 0.25) is 0 Å². The van der Waals surface area contributed by atoms with Gasteiger partial charge in [-0.1, -0.05) is 0 Å². The zero-order chi connectivity index (χ0) is 10.7. The molecule has 0 spiro atoms. The minimum Gasteiger partial charge on any atom is -0.376 e. The smallest absolute Gasteiger partial charge is 0.151 e. The second-order valence-electron chi connectivity index (χ2n) is 4.08. The molecular weight excluding hydrogens is 218 g/mol. The van der Waals surface area contributed by atoms with E-state index >= 15 is 0 Å². The summed E-state index contributed by atoms with van der Waals surface area (Å²) in [5.74, 6) is 0.599. The molecule has 0 aliphatic carbocycles. The van der Waals surface area contributed by atoms with Gasteiger partial charge in [0, 0.05) is 12.6 Å². The van der Waals surface area contributed by atoms with E-state index in [4.69, 9.17) is 9.47 Å². The molecule has 0 saturated carbocycles. The van der Waals surface area contributed by atoms with E-state index in [9.17, 15) is 8.42 Å². The molecular formula is C9H17NO4S. The van der Waals surface area contributed by atoms with Crippen molar-refractivity contribution in [2.75, 3.05) is 37.9 Å². The summed E-state index contributed by atoms with van der Waals surface area (Å²) in [4.78, 5) is 0. The highest BCUT2D eigenvalue weighted by atomic mass is 32.2. The Labute approximate surface area is 90.0 Å². The molecule has 0 aromatic rings. The summed E-state index contributed by atoms with van der Waals surface area (Å²) >= 11 is 0. The molecule has 2 fully saturated rings. The van der Waals surface area contributed by atoms with Gasteiger partial charge in [-0.2, -0.15) is 0 Å². The van der Waals surface area contributed by atoms with Crippen LogP contribution >= 0.6 is 0 Å². The second kappa shape index (κ2) is 4.78. The lowest BCUT2D eigenvalue weighted by Crippen LogP contribution is -2.39. The minimum absolute atomic E-state index is 0.122. The van der Waals surface area contributed by atoms with Crippen molar-refractivity contribution < 1.29 is 17.9 Å². The molecule has 5 nitrogen and oxygen atoms in total. The van der Waals surface area contributed by atoms with Crippen molar-refractivity contribution in [1.29, 1.82) is 0 Å². The number of rotatable bonds is 5. The first-order chi connectivity index (χ1) is 7.16. The lowest BCUT2D eigenvalue weighted by molar-refractivity contribution is -0.128. The van der Waals surface area contributed by atoms with Crippen LogP contribution in [0.1, 0.15) is 6.42 Å². The quantitative estimate of drug-likeness (QED) is 0.631. The Morgan fingerprint density at radius 3 is 2.73 bits per heavy atom. The predicted molar refractivity (Wildman–Crippen MR) is 55.6 cm³/mol. The second-order valence-corrected chi connectivity index (χ2v) is 6.31. The van der Waals surface area contributed by atoms with Gasteiger partial charge in [0.15, 0.2) is 9.84 Å². The van der Waals surface area contributed by atoms with Gasteiger partial charge in [-0.25, -0.2) is 8.42 Å². The number of hydrogen-bond acceptors (Lipinski definition) is 5. The van der Waals surface area contributed by atoms with Gasteiger partial charge in [-0.15, -0.1) is 0 Å².